The van der Waals surface area contributed by atoms with E-state index in [-0.39, 0.29) is 18.7 Å². The van der Waals surface area contributed by atoms with Crippen molar-refractivity contribution in [2.24, 2.45) is 0 Å². The van der Waals surface area contributed by atoms with Crippen LogP contribution in [0.4, 0.5) is 0 Å². The first kappa shape index (κ1) is 15.4. The fraction of sp³-hybridized carbons (Fsp3) is 0.263. The van der Waals surface area contributed by atoms with Crippen molar-refractivity contribution >= 4 is 16.7 Å². The van der Waals surface area contributed by atoms with Crippen molar-refractivity contribution < 1.29 is 9.90 Å². The van der Waals surface area contributed by atoms with Gasteiger partial charge in [-0.3, -0.25) is 9.48 Å². The van der Waals surface area contributed by atoms with Gasteiger partial charge in [0, 0.05) is 11.8 Å². The van der Waals surface area contributed by atoms with Gasteiger partial charge in [0.1, 0.15) is 5.60 Å². The van der Waals surface area contributed by atoms with E-state index in [1.54, 1.807) is 17.8 Å². The molecule has 23 heavy (non-hydrogen) atoms. The van der Waals surface area contributed by atoms with E-state index in [9.17, 15) is 9.90 Å². The Kier molecular flexibility index (Phi) is 4.01. The molecule has 0 unspecified atom stereocenters. The molecule has 4 heteroatoms. The quantitative estimate of drug-likeness (QED) is 0.788. The van der Waals surface area contributed by atoms with Crippen LogP contribution in [0.3, 0.4) is 0 Å². The second kappa shape index (κ2) is 5.97. The predicted molar refractivity (Wildman–Crippen MR) is 90.2 cm³/mol. The highest BCUT2D eigenvalue weighted by molar-refractivity contribution is 5.88. The van der Waals surface area contributed by atoms with Crippen LogP contribution < -0.4 is 0 Å². The summed E-state index contributed by atoms with van der Waals surface area (Å²) in [5, 5.41) is 15.9. The Balaban J connectivity index is 1.77. The third kappa shape index (κ3) is 3.32. The van der Waals surface area contributed by atoms with Crippen molar-refractivity contribution in [2.45, 2.75) is 32.4 Å². The number of carbonyl (C=O) groups is 1. The van der Waals surface area contributed by atoms with Crippen molar-refractivity contribution in [3.63, 3.8) is 0 Å². The van der Waals surface area contributed by atoms with Crippen LogP contribution in [0.25, 0.3) is 10.9 Å². The van der Waals surface area contributed by atoms with Gasteiger partial charge in [0.25, 0.3) is 0 Å². The van der Waals surface area contributed by atoms with Crippen LogP contribution in [0, 0.1) is 6.92 Å². The molecule has 0 radical (unpaired) electrons. The van der Waals surface area contributed by atoms with Gasteiger partial charge < -0.3 is 5.11 Å². The molecule has 0 fully saturated rings. The summed E-state index contributed by atoms with van der Waals surface area (Å²) >= 11 is 0. The Bertz CT molecular complexity index is 832. The van der Waals surface area contributed by atoms with E-state index >= 15 is 0 Å². The second-order valence-corrected chi connectivity index (χ2v) is 6.22. The Morgan fingerprint density at radius 2 is 1.87 bits per heavy atom. The summed E-state index contributed by atoms with van der Waals surface area (Å²) < 4.78 is 1.68. The minimum Gasteiger partial charge on any atom is -0.380 e. The highest BCUT2D eigenvalue weighted by Crippen LogP contribution is 2.18. The number of benzene rings is 2. The lowest BCUT2D eigenvalue weighted by atomic mass is 9.94. The minimum atomic E-state index is -1.46. The van der Waals surface area contributed by atoms with Crippen LogP contribution in [0.15, 0.2) is 54.7 Å². The molecule has 0 aliphatic heterocycles. The lowest BCUT2D eigenvalue weighted by molar-refractivity contribution is -0.136. The molecule has 1 aromatic heterocycles. The van der Waals surface area contributed by atoms with Gasteiger partial charge in [0.15, 0.2) is 5.78 Å². The molecule has 0 spiro atoms. The number of nitrogens with zero attached hydrogens (tertiary/aromatic N) is 2. The first-order chi connectivity index (χ1) is 11.0. The van der Waals surface area contributed by atoms with Crippen molar-refractivity contribution in [1.82, 2.24) is 9.78 Å². The van der Waals surface area contributed by atoms with E-state index in [4.69, 9.17) is 0 Å². The van der Waals surface area contributed by atoms with Crippen molar-refractivity contribution in [2.75, 3.05) is 0 Å². The number of carbonyl (C=O) groups excluding carboxylic acids is 1. The number of hydrogen-bond donors (Lipinski definition) is 1. The van der Waals surface area contributed by atoms with Gasteiger partial charge in [0.2, 0.25) is 0 Å². The van der Waals surface area contributed by atoms with Gasteiger partial charge in [-0.15, -0.1) is 0 Å². The second-order valence-electron chi connectivity index (χ2n) is 6.22. The maximum absolute atomic E-state index is 12.5. The highest BCUT2D eigenvalue weighted by atomic mass is 16.3. The molecule has 2 aromatic carbocycles. The standard InChI is InChI=1S/C19H20N2O2/c1-14-7-9-15(10-8-14)11-18(22)19(2,23)13-21-17-6-4-3-5-16(17)12-20-21/h3-10,12,23H,11,13H2,1-2H3/t19-/m0/s1. The maximum atomic E-state index is 12.5. The lowest BCUT2D eigenvalue weighted by Crippen LogP contribution is -2.41. The average molecular weight is 308 g/mol. The molecular formula is C19H20N2O2. The lowest BCUT2D eigenvalue weighted by Gasteiger charge is -2.22. The molecule has 1 atom stereocenters. The molecule has 0 bridgehead atoms. The Hall–Kier alpha value is -2.46. The van der Waals surface area contributed by atoms with E-state index in [0.717, 1.165) is 22.0 Å². The Labute approximate surface area is 135 Å². The highest BCUT2D eigenvalue weighted by Gasteiger charge is 2.31. The van der Waals surface area contributed by atoms with Crippen molar-refractivity contribution in [1.29, 1.82) is 0 Å². The number of rotatable bonds is 5. The normalized spacial score (nSPS) is 13.9. The SMILES string of the molecule is Cc1ccc(CC(=O)[C@@](C)(O)Cn2ncc3ccccc32)cc1. The summed E-state index contributed by atoms with van der Waals surface area (Å²) in [6.07, 6.45) is 1.96. The van der Waals surface area contributed by atoms with Crippen LogP contribution in [0.5, 0.6) is 0 Å². The summed E-state index contributed by atoms with van der Waals surface area (Å²) in [7, 11) is 0. The third-order valence-electron chi connectivity index (χ3n) is 4.09. The molecule has 0 aliphatic carbocycles. The van der Waals surface area contributed by atoms with Gasteiger partial charge in [0.05, 0.1) is 18.3 Å². The topological polar surface area (TPSA) is 55.1 Å². The van der Waals surface area contributed by atoms with Crippen LogP contribution in [0.1, 0.15) is 18.1 Å². The third-order valence-corrected chi connectivity index (χ3v) is 4.09. The van der Waals surface area contributed by atoms with Gasteiger partial charge >= 0.3 is 0 Å². The number of Topliss-reactive ketones (excluding diaryl/α,β-unsaturated/α-hetero) is 1. The van der Waals surface area contributed by atoms with Crippen LogP contribution in [0.2, 0.25) is 0 Å². The number of aryl methyl sites for hydroxylation is 1. The van der Waals surface area contributed by atoms with E-state index in [0.29, 0.717) is 0 Å². The summed E-state index contributed by atoms with van der Waals surface area (Å²) in [5.74, 6) is -0.207. The van der Waals surface area contributed by atoms with Crippen molar-refractivity contribution in [3.8, 4) is 0 Å². The van der Waals surface area contributed by atoms with Gasteiger partial charge in [-0.1, -0.05) is 48.0 Å². The number of ketones is 1. The molecule has 4 nitrogen and oxygen atoms in total. The smallest absolute Gasteiger partial charge is 0.170 e. The molecule has 118 valence electrons. The summed E-state index contributed by atoms with van der Waals surface area (Å²) in [5.41, 5.74) is 1.51. The largest absolute Gasteiger partial charge is 0.380 e. The van der Waals surface area contributed by atoms with E-state index in [2.05, 4.69) is 5.10 Å². The molecule has 0 saturated carbocycles. The van der Waals surface area contributed by atoms with Crippen LogP contribution >= 0.6 is 0 Å². The van der Waals surface area contributed by atoms with Crippen LogP contribution in [-0.2, 0) is 17.8 Å². The Morgan fingerprint density at radius 3 is 2.61 bits per heavy atom. The fourth-order valence-corrected chi connectivity index (χ4v) is 2.61. The first-order valence-electron chi connectivity index (χ1n) is 7.67. The summed E-state index contributed by atoms with van der Waals surface area (Å²) in [6.45, 7) is 3.70. The predicted octanol–water partition coefficient (Wildman–Crippen LogP) is 2.91. The van der Waals surface area contributed by atoms with Crippen LogP contribution in [-0.4, -0.2) is 26.3 Å². The fourth-order valence-electron chi connectivity index (χ4n) is 2.61. The molecule has 3 rings (SSSR count). The number of para-hydroxylation sites is 1. The number of hydrogen-bond acceptors (Lipinski definition) is 3. The number of aromatic nitrogens is 2. The minimum absolute atomic E-state index is 0.144. The summed E-state index contributed by atoms with van der Waals surface area (Å²) in [4.78, 5) is 12.5. The molecule has 0 aliphatic rings. The zero-order chi connectivity index (χ0) is 16.4. The number of aliphatic hydroxyl groups is 1. The first-order valence-corrected chi connectivity index (χ1v) is 7.67. The van der Waals surface area contributed by atoms with E-state index in [1.807, 2.05) is 55.5 Å². The van der Waals surface area contributed by atoms with Gasteiger partial charge in [-0.25, -0.2) is 0 Å². The maximum Gasteiger partial charge on any atom is 0.170 e. The Morgan fingerprint density at radius 1 is 1.17 bits per heavy atom. The van der Waals surface area contributed by atoms with Gasteiger partial charge in [-0.2, -0.15) is 5.10 Å². The average Bonchev–Trinajstić information content (AvgIpc) is 2.92. The number of fused-ring (bicyclic) bond motifs is 1. The molecule has 1 heterocycles. The molecule has 3 aromatic rings. The molecule has 1 N–H and O–H groups in total. The molecular weight excluding hydrogens is 288 g/mol. The summed E-state index contributed by atoms with van der Waals surface area (Å²) in [6, 6.07) is 15.5. The van der Waals surface area contributed by atoms with E-state index in [1.165, 1.54) is 0 Å². The van der Waals surface area contributed by atoms with Crippen molar-refractivity contribution in [3.05, 3.63) is 65.9 Å². The molecule has 0 saturated heterocycles. The van der Waals surface area contributed by atoms with Gasteiger partial charge in [-0.05, 0) is 25.5 Å². The zero-order valence-corrected chi connectivity index (χ0v) is 13.4. The molecule has 0 amide bonds. The van der Waals surface area contributed by atoms with E-state index < -0.39 is 5.60 Å². The zero-order valence-electron chi connectivity index (χ0n) is 13.4. The monoisotopic (exact) mass is 308 g/mol.